The Hall–Kier alpha value is -3.04. The Bertz CT molecular complexity index is 1060. The first-order chi connectivity index (χ1) is 16.9. The molecule has 0 aliphatic carbocycles. The summed E-state index contributed by atoms with van der Waals surface area (Å²) in [6, 6.07) is 10.8. The highest BCUT2D eigenvalue weighted by molar-refractivity contribution is 7.80. The van der Waals surface area contributed by atoms with Gasteiger partial charge in [-0.1, -0.05) is 36.4 Å². The van der Waals surface area contributed by atoms with Crippen molar-refractivity contribution in [2.24, 2.45) is 0 Å². The van der Waals surface area contributed by atoms with Crippen molar-refractivity contribution in [1.29, 1.82) is 0 Å². The van der Waals surface area contributed by atoms with E-state index >= 15 is 0 Å². The Labute approximate surface area is 218 Å². The second-order valence-corrected chi connectivity index (χ2v) is 10.0. The first kappa shape index (κ1) is 29.2. The number of nitrogens with zero attached hydrogens (tertiary/aromatic N) is 1. The highest BCUT2D eigenvalue weighted by Gasteiger charge is 2.37. The van der Waals surface area contributed by atoms with Crippen molar-refractivity contribution >= 4 is 36.2 Å². The largest absolute Gasteiger partial charge is 0.444 e. The summed E-state index contributed by atoms with van der Waals surface area (Å²) in [5.74, 6) is -1.02. The number of rotatable bonds is 9. The minimum atomic E-state index is -1.08. The van der Waals surface area contributed by atoms with E-state index in [1.54, 1.807) is 26.8 Å². The molecule has 2 unspecified atom stereocenters. The molecule has 8 nitrogen and oxygen atoms in total. The molecule has 196 valence electrons. The quantitative estimate of drug-likeness (QED) is 0.379. The second kappa shape index (κ2) is 12.8. The molecular weight excluding hydrogens is 478 g/mol. The third-order valence-electron chi connectivity index (χ3n) is 5.57. The minimum Gasteiger partial charge on any atom is -0.444 e. The smallest absolute Gasteiger partial charge is 0.408 e. The molecule has 2 atom stereocenters. The van der Waals surface area contributed by atoms with Crippen LogP contribution in [-0.2, 0) is 14.3 Å². The van der Waals surface area contributed by atoms with Gasteiger partial charge in [-0.2, -0.15) is 12.6 Å². The molecule has 0 aliphatic rings. The van der Waals surface area contributed by atoms with Gasteiger partial charge in [0.1, 0.15) is 17.7 Å². The molecule has 0 bridgehead atoms. The van der Waals surface area contributed by atoms with Gasteiger partial charge in [-0.15, -0.1) is 0 Å². The van der Waals surface area contributed by atoms with E-state index in [0.717, 1.165) is 16.7 Å². The Kier molecular flexibility index (Phi) is 10.4. The van der Waals surface area contributed by atoms with Crippen LogP contribution in [0.15, 0.2) is 42.5 Å². The fourth-order valence-corrected chi connectivity index (χ4v) is 4.16. The van der Waals surface area contributed by atoms with Crippen LogP contribution >= 0.6 is 12.6 Å². The fourth-order valence-electron chi connectivity index (χ4n) is 3.91. The van der Waals surface area contributed by atoms with E-state index in [0.29, 0.717) is 11.3 Å². The van der Waals surface area contributed by atoms with E-state index in [-0.39, 0.29) is 18.9 Å². The number of hydrogen-bond donors (Lipinski definition) is 4. The van der Waals surface area contributed by atoms with Crippen molar-refractivity contribution in [2.45, 2.75) is 59.2 Å². The number of aryl methyl sites for hydroxylation is 3. The Balaban J connectivity index is 2.52. The van der Waals surface area contributed by atoms with Crippen molar-refractivity contribution in [1.82, 2.24) is 10.2 Å². The van der Waals surface area contributed by atoms with E-state index < -0.39 is 35.6 Å². The van der Waals surface area contributed by atoms with Crippen LogP contribution in [0.5, 0.6) is 0 Å². The zero-order valence-electron chi connectivity index (χ0n) is 21.8. The number of para-hydroxylation sites is 1. The number of hydrogen-bond acceptors (Lipinski definition) is 6. The van der Waals surface area contributed by atoms with Gasteiger partial charge in [-0.3, -0.25) is 9.59 Å². The standard InChI is InChI=1S/C27H37N3O5S/c1-17-10-7-8-13-20(17)28-24(32)23(22-18(2)11-9-12-19(22)3)30(14-15-31)25(33)21(16-36)29-26(34)35-27(4,5)6/h7-13,21,23,31,36H,14-16H2,1-6H3,(H,28,32)(H,29,34). The molecule has 9 heteroatoms. The Morgan fingerprint density at radius 2 is 1.58 bits per heavy atom. The molecule has 0 radical (unpaired) electrons. The van der Waals surface area contributed by atoms with E-state index in [9.17, 15) is 19.5 Å². The number of anilines is 1. The second-order valence-electron chi connectivity index (χ2n) is 9.65. The van der Waals surface area contributed by atoms with E-state index in [2.05, 4.69) is 23.3 Å². The average Bonchev–Trinajstić information content (AvgIpc) is 2.78. The van der Waals surface area contributed by atoms with Crippen LogP contribution in [0.4, 0.5) is 10.5 Å². The topological polar surface area (TPSA) is 108 Å². The summed E-state index contributed by atoms with van der Waals surface area (Å²) in [6.07, 6.45) is -0.771. The lowest BCUT2D eigenvalue weighted by Gasteiger charge is -2.35. The molecule has 3 N–H and O–H groups in total. The number of carbonyl (C=O) groups is 3. The fraction of sp³-hybridized carbons (Fsp3) is 0.444. The van der Waals surface area contributed by atoms with Gasteiger partial charge in [0.15, 0.2) is 0 Å². The number of nitrogens with one attached hydrogen (secondary N) is 2. The van der Waals surface area contributed by atoms with Crippen LogP contribution < -0.4 is 10.6 Å². The van der Waals surface area contributed by atoms with Crippen molar-refractivity contribution in [3.8, 4) is 0 Å². The predicted octanol–water partition coefficient (Wildman–Crippen LogP) is 3.94. The lowest BCUT2D eigenvalue weighted by atomic mass is 9.93. The maximum absolute atomic E-state index is 13.8. The number of ether oxygens (including phenoxy) is 1. The molecule has 0 fully saturated rings. The zero-order chi connectivity index (χ0) is 27.0. The summed E-state index contributed by atoms with van der Waals surface area (Å²) in [5, 5.41) is 15.4. The molecule has 0 saturated carbocycles. The summed E-state index contributed by atoms with van der Waals surface area (Å²) >= 11 is 4.26. The molecule has 36 heavy (non-hydrogen) atoms. The number of thiol groups is 1. The summed E-state index contributed by atoms with van der Waals surface area (Å²) in [7, 11) is 0. The van der Waals surface area contributed by atoms with Crippen molar-refractivity contribution in [2.75, 3.05) is 24.2 Å². The van der Waals surface area contributed by atoms with Crippen LogP contribution in [0.2, 0.25) is 0 Å². The number of amides is 3. The monoisotopic (exact) mass is 515 g/mol. The molecule has 0 heterocycles. The molecule has 2 rings (SSSR count). The summed E-state index contributed by atoms with van der Waals surface area (Å²) in [5.41, 5.74) is 3.02. The third-order valence-corrected chi connectivity index (χ3v) is 5.94. The lowest BCUT2D eigenvalue weighted by molar-refractivity contribution is -0.140. The van der Waals surface area contributed by atoms with Gasteiger partial charge < -0.3 is 25.4 Å². The predicted molar refractivity (Wildman–Crippen MR) is 144 cm³/mol. The highest BCUT2D eigenvalue weighted by atomic mass is 32.1. The maximum Gasteiger partial charge on any atom is 0.408 e. The zero-order valence-corrected chi connectivity index (χ0v) is 22.7. The average molecular weight is 516 g/mol. The van der Waals surface area contributed by atoms with Crippen molar-refractivity contribution < 1.29 is 24.2 Å². The number of carbonyl (C=O) groups excluding carboxylic acids is 3. The van der Waals surface area contributed by atoms with Crippen LogP contribution in [0.3, 0.4) is 0 Å². The maximum atomic E-state index is 13.8. The Morgan fingerprint density at radius 3 is 2.11 bits per heavy atom. The SMILES string of the molecule is Cc1ccccc1NC(=O)C(c1c(C)cccc1C)N(CCO)C(=O)C(CS)NC(=O)OC(C)(C)C. The normalized spacial score (nSPS) is 12.9. The van der Waals surface area contributed by atoms with Gasteiger partial charge in [-0.05, 0) is 69.9 Å². The molecule has 0 aromatic heterocycles. The molecule has 0 aliphatic heterocycles. The van der Waals surface area contributed by atoms with E-state index in [1.807, 2.05) is 57.2 Å². The van der Waals surface area contributed by atoms with Gasteiger partial charge in [0.2, 0.25) is 5.91 Å². The molecule has 3 amide bonds. The van der Waals surface area contributed by atoms with Crippen LogP contribution in [0.25, 0.3) is 0 Å². The summed E-state index contributed by atoms with van der Waals surface area (Å²) in [6.45, 7) is 10.3. The minimum absolute atomic E-state index is 0.0289. The number of alkyl carbamates (subject to hydrolysis) is 1. The lowest BCUT2D eigenvalue weighted by Crippen LogP contribution is -2.54. The molecule has 0 spiro atoms. The molecule has 2 aromatic rings. The first-order valence-electron chi connectivity index (χ1n) is 11.8. The van der Waals surface area contributed by atoms with Crippen LogP contribution in [0.1, 0.15) is 49.1 Å². The van der Waals surface area contributed by atoms with Crippen LogP contribution in [0, 0.1) is 20.8 Å². The van der Waals surface area contributed by atoms with E-state index in [4.69, 9.17) is 4.74 Å². The van der Waals surface area contributed by atoms with Crippen molar-refractivity contribution in [3.05, 3.63) is 64.7 Å². The summed E-state index contributed by atoms with van der Waals surface area (Å²) < 4.78 is 5.30. The van der Waals surface area contributed by atoms with Gasteiger partial charge in [0, 0.05) is 18.0 Å². The molecule has 0 saturated heterocycles. The number of benzene rings is 2. The highest BCUT2D eigenvalue weighted by Crippen LogP contribution is 2.30. The number of aliphatic hydroxyl groups excluding tert-OH is 1. The van der Waals surface area contributed by atoms with Gasteiger partial charge in [0.25, 0.3) is 5.91 Å². The Morgan fingerprint density at radius 1 is 1.00 bits per heavy atom. The molecule has 2 aromatic carbocycles. The first-order valence-corrected chi connectivity index (χ1v) is 12.5. The van der Waals surface area contributed by atoms with Crippen LogP contribution in [-0.4, -0.2) is 58.5 Å². The molecular formula is C27H37N3O5S. The van der Waals surface area contributed by atoms with Gasteiger partial charge in [0.05, 0.1) is 6.61 Å². The third kappa shape index (κ3) is 7.73. The summed E-state index contributed by atoms with van der Waals surface area (Å²) in [4.78, 5) is 41.2. The van der Waals surface area contributed by atoms with Gasteiger partial charge >= 0.3 is 6.09 Å². The van der Waals surface area contributed by atoms with Crippen molar-refractivity contribution in [3.63, 3.8) is 0 Å². The number of aliphatic hydroxyl groups is 1. The van der Waals surface area contributed by atoms with Gasteiger partial charge in [-0.25, -0.2) is 4.79 Å². The van der Waals surface area contributed by atoms with E-state index in [1.165, 1.54) is 4.90 Å².